The number of carbonyl (C=O) groups excluding carboxylic acids is 1. The zero-order valence-corrected chi connectivity index (χ0v) is 18.9. The number of ether oxygens (including phenoxy) is 3. The number of nitrogens with zero attached hydrogens (tertiary/aromatic N) is 2. The van der Waals surface area contributed by atoms with Crippen LogP contribution in [0.5, 0.6) is 11.5 Å². The Balaban J connectivity index is 1.33. The van der Waals surface area contributed by atoms with Gasteiger partial charge in [-0.25, -0.2) is 0 Å². The number of hydrogen-bond donors (Lipinski definition) is 1. The maximum Gasteiger partial charge on any atom is 0.325 e. The van der Waals surface area contributed by atoms with Crippen LogP contribution in [0.2, 0.25) is 0 Å². The normalized spacial score (nSPS) is 10.9. The van der Waals surface area contributed by atoms with Gasteiger partial charge < -0.3 is 23.8 Å². The van der Waals surface area contributed by atoms with Gasteiger partial charge in [0.25, 0.3) is 0 Å². The van der Waals surface area contributed by atoms with Gasteiger partial charge in [0.15, 0.2) is 0 Å². The fraction of sp³-hybridized carbons (Fsp3) is 0.308. The summed E-state index contributed by atoms with van der Waals surface area (Å²) >= 11 is 0. The minimum absolute atomic E-state index is 0.184. The van der Waals surface area contributed by atoms with Gasteiger partial charge in [-0.1, -0.05) is 13.3 Å². The first kappa shape index (κ1) is 22.3. The molecule has 0 unspecified atom stereocenters. The summed E-state index contributed by atoms with van der Waals surface area (Å²) in [5, 5.41) is 11.2. The average Bonchev–Trinajstić information content (AvgIpc) is 3.43. The van der Waals surface area contributed by atoms with Gasteiger partial charge in [-0.15, -0.1) is 0 Å². The van der Waals surface area contributed by atoms with E-state index in [4.69, 9.17) is 14.2 Å². The summed E-state index contributed by atoms with van der Waals surface area (Å²) in [6.45, 7) is 3.38. The molecule has 0 radical (unpaired) electrons. The predicted octanol–water partition coefficient (Wildman–Crippen LogP) is 4.97. The molecule has 170 valence electrons. The van der Waals surface area contributed by atoms with E-state index in [9.17, 15) is 10.1 Å². The third-order valence-electron chi connectivity index (χ3n) is 5.63. The summed E-state index contributed by atoms with van der Waals surface area (Å²) in [6, 6.07) is 13.9. The smallest absolute Gasteiger partial charge is 0.325 e. The maximum absolute atomic E-state index is 11.5. The number of H-pyrrole nitrogens is 1. The van der Waals surface area contributed by atoms with Gasteiger partial charge in [0.05, 0.1) is 31.4 Å². The lowest BCUT2D eigenvalue weighted by Gasteiger charge is -2.13. The Hall–Kier alpha value is -3.92. The molecule has 1 N–H and O–H groups in total. The molecule has 0 saturated heterocycles. The predicted molar refractivity (Wildman–Crippen MR) is 127 cm³/mol. The van der Waals surface area contributed by atoms with Crippen molar-refractivity contribution in [2.24, 2.45) is 0 Å². The molecule has 0 aliphatic heterocycles. The van der Waals surface area contributed by atoms with Crippen LogP contribution < -0.4 is 9.47 Å². The van der Waals surface area contributed by atoms with Crippen molar-refractivity contribution < 1.29 is 19.0 Å². The van der Waals surface area contributed by atoms with Crippen LogP contribution in [0.15, 0.2) is 48.8 Å². The van der Waals surface area contributed by atoms with Crippen molar-refractivity contribution in [3.8, 4) is 17.6 Å². The van der Waals surface area contributed by atoms with Crippen LogP contribution in [0.1, 0.15) is 30.9 Å². The number of hydrogen-bond acceptors (Lipinski definition) is 5. The molecule has 0 atom stereocenters. The van der Waals surface area contributed by atoms with Crippen molar-refractivity contribution in [3.63, 3.8) is 0 Å². The van der Waals surface area contributed by atoms with Crippen LogP contribution in [-0.2, 0) is 22.5 Å². The Morgan fingerprint density at radius 3 is 2.79 bits per heavy atom. The Kier molecular flexibility index (Phi) is 6.84. The Bertz CT molecular complexity index is 1310. The summed E-state index contributed by atoms with van der Waals surface area (Å²) in [5.74, 6) is 1.35. The van der Waals surface area contributed by atoms with E-state index in [0.29, 0.717) is 18.8 Å². The molecule has 2 heterocycles. The SMILES string of the molecule is CCCc1c(OCCCOc2ccc3c(ccn3CC(=O)OC)c2)ccc2c(C#N)c[nH]c12. The number of esters is 1. The van der Waals surface area contributed by atoms with Crippen molar-refractivity contribution in [2.75, 3.05) is 20.3 Å². The van der Waals surface area contributed by atoms with Crippen LogP contribution in [0.4, 0.5) is 0 Å². The number of benzene rings is 2. The number of methoxy groups -OCH3 is 1. The fourth-order valence-electron chi connectivity index (χ4n) is 4.01. The Morgan fingerprint density at radius 2 is 2.00 bits per heavy atom. The van der Waals surface area contributed by atoms with Gasteiger partial charge in [-0.05, 0) is 42.8 Å². The second kappa shape index (κ2) is 10.1. The summed E-state index contributed by atoms with van der Waals surface area (Å²) < 4.78 is 18.6. The van der Waals surface area contributed by atoms with E-state index >= 15 is 0 Å². The molecule has 0 bridgehead atoms. The molecule has 4 aromatic rings. The molecule has 4 rings (SSSR count). The minimum Gasteiger partial charge on any atom is -0.493 e. The van der Waals surface area contributed by atoms with Crippen LogP contribution in [0, 0.1) is 11.3 Å². The van der Waals surface area contributed by atoms with Crippen molar-refractivity contribution in [1.29, 1.82) is 5.26 Å². The number of nitrogens with one attached hydrogen (secondary N) is 1. The molecule has 0 aliphatic carbocycles. The highest BCUT2D eigenvalue weighted by molar-refractivity contribution is 5.90. The van der Waals surface area contributed by atoms with Gasteiger partial charge in [0.1, 0.15) is 24.1 Å². The zero-order valence-electron chi connectivity index (χ0n) is 18.9. The van der Waals surface area contributed by atoms with Crippen LogP contribution >= 0.6 is 0 Å². The van der Waals surface area contributed by atoms with Crippen molar-refractivity contribution >= 4 is 27.8 Å². The topological polar surface area (TPSA) is 89.3 Å². The van der Waals surface area contributed by atoms with Gasteiger partial charge in [-0.3, -0.25) is 4.79 Å². The third kappa shape index (κ3) is 4.80. The van der Waals surface area contributed by atoms with Gasteiger partial charge >= 0.3 is 5.97 Å². The first-order valence-corrected chi connectivity index (χ1v) is 11.1. The molecule has 0 amide bonds. The van der Waals surface area contributed by atoms with E-state index in [1.165, 1.54) is 7.11 Å². The van der Waals surface area contributed by atoms with E-state index in [-0.39, 0.29) is 12.5 Å². The second-order valence-corrected chi connectivity index (χ2v) is 7.82. The van der Waals surface area contributed by atoms with E-state index in [1.54, 1.807) is 6.20 Å². The molecule has 33 heavy (non-hydrogen) atoms. The lowest BCUT2D eigenvalue weighted by molar-refractivity contribution is -0.141. The molecule has 2 aromatic heterocycles. The average molecular weight is 446 g/mol. The number of aromatic amines is 1. The quantitative estimate of drug-likeness (QED) is 0.275. The molecule has 0 aliphatic rings. The monoisotopic (exact) mass is 445 g/mol. The molecule has 0 saturated carbocycles. The number of aryl methyl sites for hydroxylation is 1. The third-order valence-corrected chi connectivity index (χ3v) is 5.63. The number of fused-ring (bicyclic) bond motifs is 2. The van der Waals surface area contributed by atoms with Gasteiger partial charge in [-0.2, -0.15) is 5.26 Å². The largest absolute Gasteiger partial charge is 0.493 e. The van der Waals surface area contributed by atoms with Crippen LogP contribution in [0.25, 0.3) is 21.8 Å². The molecular formula is C26H27N3O4. The summed E-state index contributed by atoms with van der Waals surface area (Å²) in [5.41, 5.74) is 3.70. The standard InChI is InChI=1S/C26H27N3O4/c1-3-5-22-24(9-7-21-19(15-27)16-28-26(21)22)33-13-4-12-32-20-6-8-23-18(14-20)10-11-29(23)17-25(30)31-2/h6-11,14,16,28H,3-5,12-13,17H2,1-2H3. The molecule has 0 fully saturated rings. The van der Waals surface area contributed by atoms with E-state index in [0.717, 1.165) is 58.1 Å². The van der Waals surface area contributed by atoms with Crippen molar-refractivity contribution in [1.82, 2.24) is 9.55 Å². The minimum atomic E-state index is -0.282. The lowest BCUT2D eigenvalue weighted by atomic mass is 10.0. The summed E-state index contributed by atoms with van der Waals surface area (Å²) in [4.78, 5) is 14.8. The highest BCUT2D eigenvalue weighted by atomic mass is 16.5. The van der Waals surface area contributed by atoms with Crippen LogP contribution in [0.3, 0.4) is 0 Å². The highest BCUT2D eigenvalue weighted by Gasteiger charge is 2.13. The first-order chi connectivity index (χ1) is 16.1. The van der Waals surface area contributed by atoms with Crippen molar-refractivity contribution in [3.05, 3.63) is 59.9 Å². The first-order valence-electron chi connectivity index (χ1n) is 11.1. The molecule has 7 nitrogen and oxygen atoms in total. The lowest BCUT2D eigenvalue weighted by Crippen LogP contribution is -2.10. The van der Waals surface area contributed by atoms with E-state index in [1.807, 2.05) is 47.2 Å². The summed E-state index contributed by atoms with van der Waals surface area (Å²) in [7, 11) is 1.39. The van der Waals surface area contributed by atoms with E-state index in [2.05, 4.69) is 18.0 Å². The maximum atomic E-state index is 11.5. The highest BCUT2D eigenvalue weighted by Crippen LogP contribution is 2.30. The number of aromatic nitrogens is 2. The van der Waals surface area contributed by atoms with Gasteiger partial charge in [0.2, 0.25) is 0 Å². The Labute approximate surface area is 192 Å². The van der Waals surface area contributed by atoms with Crippen LogP contribution in [-0.4, -0.2) is 35.8 Å². The number of rotatable bonds is 10. The molecule has 7 heteroatoms. The van der Waals surface area contributed by atoms with Crippen molar-refractivity contribution in [2.45, 2.75) is 32.7 Å². The number of nitriles is 1. The molecule has 2 aromatic carbocycles. The van der Waals surface area contributed by atoms with E-state index < -0.39 is 0 Å². The second-order valence-electron chi connectivity index (χ2n) is 7.82. The zero-order chi connectivity index (χ0) is 23.2. The molecular weight excluding hydrogens is 418 g/mol. The van der Waals surface area contributed by atoms with Gasteiger partial charge in [0, 0.05) is 40.7 Å². The Morgan fingerprint density at radius 1 is 1.15 bits per heavy atom. The number of carbonyl (C=O) groups is 1. The molecule has 0 spiro atoms. The summed E-state index contributed by atoms with van der Waals surface area (Å²) in [6.07, 6.45) is 6.22. The fourth-order valence-corrected chi connectivity index (χ4v) is 4.01.